The molecule has 0 radical (unpaired) electrons. The smallest absolute Gasteiger partial charge is 0.337 e. The number of hydrogen-bond acceptors (Lipinski definition) is 4. The Morgan fingerprint density at radius 2 is 1.80 bits per heavy atom. The number of halogens is 2. The molecule has 2 aliphatic heterocycles. The van der Waals surface area contributed by atoms with E-state index in [2.05, 4.69) is 0 Å². The van der Waals surface area contributed by atoms with Gasteiger partial charge in [0.2, 0.25) is 0 Å². The highest BCUT2D eigenvalue weighted by Crippen LogP contribution is 2.48. The molecule has 2 heterocycles. The number of carbonyl (C=O) groups excluding carboxylic acids is 1. The largest absolute Gasteiger partial charge is 0.490 e. The van der Waals surface area contributed by atoms with Crippen LogP contribution in [0.15, 0.2) is 30.3 Å². The van der Waals surface area contributed by atoms with Gasteiger partial charge in [-0.2, -0.15) is 0 Å². The van der Waals surface area contributed by atoms with Crippen LogP contribution in [0.3, 0.4) is 0 Å². The van der Waals surface area contributed by atoms with Crippen LogP contribution in [0.2, 0.25) is 5.02 Å². The van der Waals surface area contributed by atoms with Crippen LogP contribution in [0.25, 0.3) is 11.1 Å². The fourth-order valence-electron chi connectivity index (χ4n) is 6.07. The third-order valence-corrected chi connectivity index (χ3v) is 8.10. The van der Waals surface area contributed by atoms with Crippen molar-refractivity contribution in [2.24, 2.45) is 0 Å². The molecule has 216 valence electrons. The molecule has 0 spiro atoms. The molecule has 0 bridgehead atoms. The number of amides is 1. The van der Waals surface area contributed by atoms with Crippen LogP contribution in [0, 0.1) is 26.6 Å². The van der Waals surface area contributed by atoms with E-state index in [0.717, 1.165) is 28.7 Å². The van der Waals surface area contributed by atoms with Gasteiger partial charge in [0.25, 0.3) is 5.91 Å². The number of aliphatic carboxylic acids is 1. The molecule has 5 rings (SSSR count). The van der Waals surface area contributed by atoms with Crippen LogP contribution in [0.4, 0.5) is 10.1 Å². The van der Waals surface area contributed by atoms with Crippen molar-refractivity contribution >= 4 is 29.2 Å². The van der Waals surface area contributed by atoms with Crippen molar-refractivity contribution in [3.63, 3.8) is 0 Å². The van der Waals surface area contributed by atoms with E-state index in [1.807, 2.05) is 26.8 Å². The quantitative estimate of drug-likeness (QED) is 0.338. The van der Waals surface area contributed by atoms with Gasteiger partial charge in [-0.15, -0.1) is 0 Å². The van der Waals surface area contributed by atoms with E-state index in [1.54, 1.807) is 43.9 Å². The van der Waals surface area contributed by atoms with Gasteiger partial charge in [-0.25, -0.2) is 9.18 Å². The number of nitrogens with zero attached hydrogens (tertiary/aromatic N) is 1. The van der Waals surface area contributed by atoms with E-state index < -0.39 is 23.5 Å². The second-order valence-corrected chi connectivity index (χ2v) is 12.3. The number of carboxylic acids is 1. The summed E-state index contributed by atoms with van der Waals surface area (Å²) in [5.41, 5.74) is 6.00. The molecule has 0 aliphatic carbocycles. The third-order valence-electron chi connectivity index (χ3n) is 7.86. The summed E-state index contributed by atoms with van der Waals surface area (Å²) in [7, 11) is 0. The summed E-state index contributed by atoms with van der Waals surface area (Å²) in [4.78, 5) is 28.3. The molecular formula is C33H35ClFNO5. The Kier molecular flexibility index (Phi) is 7.64. The van der Waals surface area contributed by atoms with Crippen molar-refractivity contribution in [1.29, 1.82) is 0 Å². The Labute approximate surface area is 245 Å². The fourth-order valence-corrected chi connectivity index (χ4v) is 6.30. The number of hydrogen-bond donors (Lipinski definition) is 1. The summed E-state index contributed by atoms with van der Waals surface area (Å²) in [6.07, 6.45) is 0.611. The second-order valence-electron chi connectivity index (χ2n) is 11.9. The maximum absolute atomic E-state index is 15.6. The van der Waals surface area contributed by atoms with Gasteiger partial charge >= 0.3 is 5.97 Å². The number of carboxylic acid groups (broad SMARTS) is 1. The molecule has 1 amide bonds. The van der Waals surface area contributed by atoms with E-state index in [9.17, 15) is 14.7 Å². The van der Waals surface area contributed by atoms with Crippen molar-refractivity contribution in [3.05, 3.63) is 80.1 Å². The normalized spacial score (nSPS) is 15.3. The van der Waals surface area contributed by atoms with Crippen molar-refractivity contribution in [3.8, 4) is 16.9 Å². The Balaban J connectivity index is 1.78. The molecule has 0 fully saturated rings. The average Bonchev–Trinajstić information content (AvgIpc) is 3.31. The number of rotatable bonds is 5. The first-order chi connectivity index (χ1) is 19.3. The highest BCUT2D eigenvalue weighted by molar-refractivity contribution is 6.30. The van der Waals surface area contributed by atoms with E-state index in [0.29, 0.717) is 64.5 Å². The molecule has 0 saturated carbocycles. The van der Waals surface area contributed by atoms with Gasteiger partial charge in [-0.05, 0) is 125 Å². The summed E-state index contributed by atoms with van der Waals surface area (Å²) < 4.78 is 27.4. The van der Waals surface area contributed by atoms with Crippen LogP contribution >= 0.6 is 11.6 Å². The van der Waals surface area contributed by atoms with Crippen LogP contribution in [-0.2, 0) is 22.4 Å². The Bertz CT molecular complexity index is 1580. The summed E-state index contributed by atoms with van der Waals surface area (Å²) in [5.74, 6) is -1.52. The molecule has 41 heavy (non-hydrogen) atoms. The van der Waals surface area contributed by atoms with Crippen LogP contribution in [0.5, 0.6) is 5.75 Å². The molecule has 0 saturated heterocycles. The predicted molar refractivity (Wildman–Crippen MR) is 158 cm³/mol. The van der Waals surface area contributed by atoms with Gasteiger partial charge in [0.05, 0.1) is 12.2 Å². The van der Waals surface area contributed by atoms with Gasteiger partial charge in [0.1, 0.15) is 0 Å². The minimum atomic E-state index is -1.30. The zero-order chi connectivity index (χ0) is 29.8. The lowest BCUT2D eigenvalue weighted by Gasteiger charge is -2.30. The standard InChI is InChI=1S/C33H35ClFNO5/c1-17-14-20(34)9-10-21(17)31(37)36-12-11-23-26(36)15-18(2)27(30(32(38)39)41-33(4,5)6)28(23)24-16-25(35)29-22(19(24)3)8-7-13-40-29/h9-10,14-16,30H,7-8,11-13H2,1-6H3,(H,38,39)/t30-/m0/s1. The van der Waals surface area contributed by atoms with Crippen molar-refractivity contribution in [1.82, 2.24) is 0 Å². The van der Waals surface area contributed by atoms with E-state index in [4.69, 9.17) is 21.1 Å². The van der Waals surface area contributed by atoms with Gasteiger partial charge in [-0.1, -0.05) is 11.6 Å². The summed E-state index contributed by atoms with van der Waals surface area (Å²) in [6, 6.07) is 8.48. The third kappa shape index (κ3) is 5.33. The molecule has 1 atom stereocenters. The maximum atomic E-state index is 15.6. The summed E-state index contributed by atoms with van der Waals surface area (Å²) in [6.45, 7) is 11.9. The summed E-state index contributed by atoms with van der Waals surface area (Å²) in [5, 5.41) is 10.9. The molecule has 0 unspecified atom stereocenters. The maximum Gasteiger partial charge on any atom is 0.337 e. The van der Waals surface area contributed by atoms with Gasteiger partial charge in [0, 0.05) is 33.9 Å². The van der Waals surface area contributed by atoms with Crippen molar-refractivity contribution in [2.45, 2.75) is 72.5 Å². The lowest BCUT2D eigenvalue weighted by Crippen LogP contribution is -2.30. The lowest BCUT2D eigenvalue weighted by molar-refractivity contribution is -0.160. The minimum Gasteiger partial charge on any atom is -0.490 e. The van der Waals surface area contributed by atoms with Gasteiger partial charge in [-0.3, -0.25) is 4.79 Å². The molecular weight excluding hydrogens is 545 g/mol. The molecule has 1 N–H and O–H groups in total. The highest BCUT2D eigenvalue weighted by Gasteiger charge is 2.37. The van der Waals surface area contributed by atoms with Crippen molar-refractivity contribution in [2.75, 3.05) is 18.1 Å². The highest BCUT2D eigenvalue weighted by atomic mass is 35.5. The predicted octanol–water partition coefficient (Wildman–Crippen LogP) is 7.54. The van der Waals surface area contributed by atoms with Crippen LogP contribution in [-0.4, -0.2) is 35.7 Å². The van der Waals surface area contributed by atoms with Crippen LogP contribution < -0.4 is 9.64 Å². The number of benzene rings is 3. The Morgan fingerprint density at radius 1 is 1.07 bits per heavy atom. The summed E-state index contributed by atoms with van der Waals surface area (Å²) >= 11 is 6.14. The molecule has 6 nitrogen and oxygen atoms in total. The zero-order valence-electron chi connectivity index (χ0n) is 24.3. The second kappa shape index (κ2) is 10.8. The van der Waals surface area contributed by atoms with E-state index in [-0.39, 0.29) is 11.7 Å². The lowest BCUT2D eigenvalue weighted by atomic mass is 9.83. The first kappa shape index (κ1) is 29.1. The first-order valence-corrected chi connectivity index (χ1v) is 14.3. The van der Waals surface area contributed by atoms with E-state index >= 15 is 4.39 Å². The Hall–Kier alpha value is -3.42. The number of ether oxygens (including phenoxy) is 2. The van der Waals surface area contributed by atoms with Gasteiger partial charge < -0.3 is 19.5 Å². The molecule has 2 aliphatic rings. The first-order valence-electron chi connectivity index (χ1n) is 13.9. The average molecular weight is 580 g/mol. The van der Waals surface area contributed by atoms with E-state index in [1.165, 1.54) is 6.07 Å². The number of anilines is 1. The number of carbonyl (C=O) groups is 2. The van der Waals surface area contributed by atoms with Crippen molar-refractivity contribution < 1.29 is 28.6 Å². The molecule has 8 heteroatoms. The van der Waals surface area contributed by atoms with Gasteiger partial charge in [0.15, 0.2) is 17.7 Å². The molecule has 0 aromatic heterocycles. The fraction of sp³-hybridized carbons (Fsp3) is 0.394. The monoisotopic (exact) mass is 579 g/mol. The number of fused-ring (bicyclic) bond motifs is 2. The SMILES string of the molecule is Cc1cc(Cl)ccc1C(=O)N1CCc2c1cc(C)c([C@H](OC(C)(C)C)C(=O)O)c2-c1cc(F)c2c(c1C)CCCO2. The topological polar surface area (TPSA) is 76.1 Å². The zero-order valence-corrected chi connectivity index (χ0v) is 25.0. The van der Waals surface area contributed by atoms with Crippen LogP contribution in [0.1, 0.15) is 77.0 Å². The molecule has 3 aromatic rings. The Morgan fingerprint density at radius 3 is 2.46 bits per heavy atom. The number of aryl methyl sites for hydroxylation is 2. The minimum absolute atomic E-state index is 0.168. The molecule has 3 aromatic carbocycles.